The van der Waals surface area contributed by atoms with E-state index in [0.29, 0.717) is 10.8 Å². The van der Waals surface area contributed by atoms with Crippen LogP contribution in [0.25, 0.3) is 5.69 Å². The van der Waals surface area contributed by atoms with E-state index in [1.807, 2.05) is 22.9 Å². The van der Waals surface area contributed by atoms with Gasteiger partial charge in [-0.25, -0.2) is 4.68 Å². The Labute approximate surface area is 119 Å². The summed E-state index contributed by atoms with van der Waals surface area (Å²) in [4.78, 5) is 0. The van der Waals surface area contributed by atoms with Crippen molar-refractivity contribution in [1.29, 1.82) is 0 Å². The second kappa shape index (κ2) is 4.59. The molecule has 3 nitrogen and oxygen atoms in total. The highest BCUT2D eigenvalue weighted by Crippen LogP contribution is 2.31. The first-order valence-electron chi connectivity index (χ1n) is 5.98. The molecule has 1 aliphatic rings. The van der Waals surface area contributed by atoms with Gasteiger partial charge in [-0.15, -0.1) is 0 Å². The van der Waals surface area contributed by atoms with Crippen molar-refractivity contribution in [3.63, 3.8) is 0 Å². The summed E-state index contributed by atoms with van der Waals surface area (Å²) >= 11 is 9.50. The number of hydrogen-bond donors (Lipinski definition) is 1. The Morgan fingerprint density at radius 2 is 2.06 bits per heavy atom. The lowest BCUT2D eigenvalue weighted by Crippen LogP contribution is -2.08. The van der Waals surface area contributed by atoms with E-state index in [1.165, 1.54) is 24.1 Å². The lowest BCUT2D eigenvalue weighted by molar-refractivity contribution is 0.653. The van der Waals surface area contributed by atoms with Gasteiger partial charge in [-0.1, -0.05) is 11.6 Å². The van der Waals surface area contributed by atoms with E-state index in [1.54, 1.807) is 0 Å². The van der Waals surface area contributed by atoms with Gasteiger partial charge >= 0.3 is 0 Å². The molecule has 94 valence electrons. The second-order valence-corrected chi connectivity index (χ2v) is 5.82. The monoisotopic (exact) mass is 325 g/mol. The Morgan fingerprint density at radius 3 is 2.83 bits per heavy atom. The van der Waals surface area contributed by atoms with E-state index in [0.717, 1.165) is 23.0 Å². The molecular weight excluding hydrogens is 314 g/mol. The zero-order valence-corrected chi connectivity index (χ0v) is 12.1. The number of nitrogens with zero attached hydrogens (tertiary/aromatic N) is 2. The molecular formula is C13H13BrClN3. The van der Waals surface area contributed by atoms with Crippen LogP contribution in [-0.2, 0) is 12.8 Å². The maximum Gasteiger partial charge on any atom is 0.149 e. The van der Waals surface area contributed by atoms with Crippen LogP contribution in [0.15, 0.2) is 22.7 Å². The van der Waals surface area contributed by atoms with Crippen molar-refractivity contribution in [2.24, 2.45) is 0 Å². The summed E-state index contributed by atoms with van der Waals surface area (Å²) in [7, 11) is 0. The third-order valence-corrected chi connectivity index (χ3v) is 4.22. The van der Waals surface area contributed by atoms with Gasteiger partial charge in [-0.3, -0.25) is 0 Å². The molecule has 5 heteroatoms. The zero-order chi connectivity index (χ0) is 12.7. The second-order valence-electron chi connectivity index (χ2n) is 4.53. The number of halogens is 2. The fraction of sp³-hybridized carbons (Fsp3) is 0.308. The molecule has 3 rings (SSSR count). The van der Waals surface area contributed by atoms with Gasteiger partial charge < -0.3 is 5.73 Å². The van der Waals surface area contributed by atoms with Crippen LogP contribution in [0.1, 0.15) is 24.1 Å². The summed E-state index contributed by atoms with van der Waals surface area (Å²) in [5.74, 6) is 0.659. The van der Waals surface area contributed by atoms with Gasteiger partial charge in [-0.05, 0) is 59.8 Å². The van der Waals surface area contributed by atoms with E-state index in [4.69, 9.17) is 17.3 Å². The van der Waals surface area contributed by atoms with Gasteiger partial charge in [0.2, 0.25) is 0 Å². The highest BCUT2D eigenvalue weighted by Gasteiger charge is 2.20. The van der Waals surface area contributed by atoms with Crippen molar-refractivity contribution in [3.05, 3.63) is 39.0 Å². The summed E-state index contributed by atoms with van der Waals surface area (Å²) in [5.41, 5.74) is 9.45. The average molecular weight is 327 g/mol. The van der Waals surface area contributed by atoms with Gasteiger partial charge in [0.05, 0.1) is 5.69 Å². The summed E-state index contributed by atoms with van der Waals surface area (Å²) < 4.78 is 2.88. The van der Waals surface area contributed by atoms with E-state index in [-0.39, 0.29) is 0 Å². The molecule has 18 heavy (non-hydrogen) atoms. The molecule has 2 aromatic rings. The van der Waals surface area contributed by atoms with Gasteiger partial charge in [0, 0.05) is 20.8 Å². The van der Waals surface area contributed by atoms with Crippen molar-refractivity contribution >= 4 is 33.3 Å². The maximum atomic E-state index is 6.01. The van der Waals surface area contributed by atoms with E-state index in [9.17, 15) is 0 Å². The fourth-order valence-corrected chi connectivity index (χ4v) is 3.33. The van der Waals surface area contributed by atoms with Crippen molar-refractivity contribution in [3.8, 4) is 5.69 Å². The molecule has 2 N–H and O–H groups in total. The first-order valence-corrected chi connectivity index (χ1v) is 7.15. The number of nitrogens with two attached hydrogens (primary N) is 1. The first-order chi connectivity index (χ1) is 8.66. The molecule has 1 aromatic carbocycles. The lowest BCUT2D eigenvalue weighted by Gasteiger charge is -2.14. The number of aromatic nitrogens is 2. The Kier molecular flexibility index (Phi) is 3.08. The Hall–Kier alpha value is -1.000. The standard InChI is InChI=1S/C13H13BrClN3/c14-10-7-8(15)5-6-12(10)18-11-4-2-1-3-9(11)13(16)17-18/h5-7H,1-4H2,(H2,16,17). The van der Waals surface area contributed by atoms with Crippen LogP contribution in [-0.4, -0.2) is 9.78 Å². The smallest absolute Gasteiger partial charge is 0.149 e. The topological polar surface area (TPSA) is 43.8 Å². The zero-order valence-electron chi connectivity index (χ0n) is 9.79. The predicted octanol–water partition coefficient (Wildman–Crippen LogP) is 3.75. The molecule has 0 radical (unpaired) electrons. The minimum Gasteiger partial charge on any atom is -0.382 e. The highest BCUT2D eigenvalue weighted by atomic mass is 79.9. The Morgan fingerprint density at radius 1 is 1.28 bits per heavy atom. The normalized spacial score (nSPS) is 14.6. The van der Waals surface area contributed by atoms with Crippen molar-refractivity contribution in [1.82, 2.24) is 9.78 Å². The first kappa shape index (κ1) is 12.1. The summed E-state index contributed by atoms with van der Waals surface area (Å²) in [6.45, 7) is 0. The molecule has 0 bridgehead atoms. The molecule has 0 saturated carbocycles. The molecule has 1 aromatic heterocycles. The molecule has 0 unspecified atom stereocenters. The molecule has 0 atom stereocenters. The molecule has 0 aliphatic heterocycles. The lowest BCUT2D eigenvalue weighted by atomic mass is 9.97. The number of benzene rings is 1. The largest absolute Gasteiger partial charge is 0.382 e. The summed E-state index contributed by atoms with van der Waals surface area (Å²) in [6.07, 6.45) is 4.47. The third-order valence-electron chi connectivity index (χ3n) is 3.35. The van der Waals surface area contributed by atoms with Crippen LogP contribution < -0.4 is 5.73 Å². The van der Waals surface area contributed by atoms with Crippen LogP contribution in [0.3, 0.4) is 0 Å². The molecule has 0 amide bonds. The quantitative estimate of drug-likeness (QED) is 0.867. The summed E-state index contributed by atoms with van der Waals surface area (Å²) in [6, 6.07) is 5.71. The van der Waals surface area contributed by atoms with Crippen molar-refractivity contribution in [2.75, 3.05) is 5.73 Å². The molecule has 0 saturated heterocycles. The van der Waals surface area contributed by atoms with Crippen molar-refractivity contribution in [2.45, 2.75) is 25.7 Å². The maximum absolute atomic E-state index is 6.01. The van der Waals surface area contributed by atoms with Gasteiger partial charge in [0.1, 0.15) is 5.82 Å². The molecule has 1 heterocycles. The fourth-order valence-electron chi connectivity index (χ4n) is 2.48. The number of nitrogen functional groups attached to an aromatic ring is 1. The van der Waals surface area contributed by atoms with Gasteiger partial charge in [0.15, 0.2) is 0 Å². The Balaban J connectivity index is 2.17. The average Bonchev–Trinajstić information content (AvgIpc) is 2.68. The van der Waals surface area contributed by atoms with Crippen LogP contribution >= 0.6 is 27.5 Å². The van der Waals surface area contributed by atoms with Crippen LogP contribution in [0, 0.1) is 0 Å². The third kappa shape index (κ3) is 1.93. The van der Waals surface area contributed by atoms with Crippen LogP contribution in [0.5, 0.6) is 0 Å². The number of anilines is 1. The number of fused-ring (bicyclic) bond motifs is 1. The molecule has 1 aliphatic carbocycles. The molecule has 0 fully saturated rings. The minimum atomic E-state index is 0.659. The van der Waals surface area contributed by atoms with E-state index in [2.05, 4.69) is 21.0 Å². The molecule has 0 spiro atoms. The number of rotatable bonds is 1. The Bertz CT molecular complexity index is 607. The predicted molar refractivity (Wildman–Crippen MR) is 77.3 cm³/mol. The van der Waals surface area contributed by atoms with Crippen LogP contribution in [0.2, 0.25) is 5.02 Å². The van der Waals surface area contributed by atoms with E-state index < -0.39 is 0 Å². The minimum absolute atomic E-state index is 0.659. The van der Waals surface area contributed by atoms with Crippen LogP contribution in [0.4, 0.5) is 5.82 Å². The van der Waals surface area contributed by atoms with E-state index >= 15 is 0 Å². The van der Waals surface area contributed by atoms with Gasteiger partial charge in [-0.2, -0.15) is 5.10 Å². The number of hydrogen-bond acceptors (Lipinski definition) is 2. The highest BCUT2D eigenvalue weighted by molar-refractivity contribution is 9.10. The van der Waals surface area contributed by atoms with Crippen molar-refractivity contribution < 1.29 is 0 Å². The summed E-state index contributed by atoms with van der Waals surface area (Å²) in [5, 5.41) is 5.18. The van der Waals surface area contributed by atoms with Gasteiger partial charge in [0.25, 0.3) is 0 Å². The SMILES string of the molecule is Nc1nn(-c2ccc(Cl)cc2Br)c2c1CCCC2.